The van der Waals surface area contributed by atoms with E-state index in [1.54, 1.807) is 0 Å². The van der Waals surface area contributed by atoms with Crippen LogP contribution in [0.5, 0.6) is 0 Å². The average Bonchev–Trinajstić information content (AvgIpc) is 2.96. The van der Waals surface area contributed by atoms with Crippen LogP contribution in [0, 0.1) is 0 Å². The smallest absolute Gasteiger partial charge is 0.0883 e. The van der Waals surface area contributed by atoms with Crippen LogP contribution >= 0.6 is 0 Å². The maximum atomic E-state index is 8.98. The molecule has 1 aromatic carbocycles. The Hall–Kier alpha value is -1.61. The summed E-state index contributed by atoms with van der Waals surface area (Å²) in [5.74, 6) is 0. The third-order valence-corrected chi connectivity index (χ3v) is 3.15. The van der Waals surface area contributed by atoms with Crippen LogP contribution in [0.2, 0.25) is 0 Å². The van der Waals surface area contributed by atoms with Crippen LogP contribution in [0.15, 0.2) is 30.5 Å². The molecular formula is C13H14N2O. The van der Waals surface area contributed by atoms with Gasteiger partial charge in [0.25, 0.3) is 0 Å². The number of aliphatic hydroxyl groups excluding tert-OH is 1. The maximum Gasteiger partial charge on any atom is 0.0883 e. The molecule has 0 aliphatic heterocycles. The first-order chi connectivity index (χ1) is 7.86. The molecule has 1 heterocycles. The topological polar surface area (TPSA) is 38.0 Å². The van der Waals surface area contributed by atoms with Gasteiger partial charge in [0, 0.05) is 6.20 Å². The van der Waals surface area contributed by atoms with E-state index in [1.165, 1.54) is 30.4 Å². The van der Waals surface area contributed by atoms with Crippen molar-refractivity contribution in [2.45, 2.75) is 25.9 Å². The number of hydrogen-bond acceptors (Lipinski definition) is 2. The summed E-state index contributed by atoms with van der Waals surface area (Å²) in [6, 6.07) is 8.33. The lowest BCUT2D eigenvalue weighted by Gasteiger charge is -2.04. The molecule has 2 aromatic rings. The van der Waals surface area contributed by atoms with Gasteiger partial charge in [0.2, 0.25) is 0 Å². The van der Waals surface area contributed by atoms with Gasteiger partial charge in [-0.15, -0.1) is 0 Å². The van der Waals surface area contributed by atoms with Crippen LogP contribution in [0.25, 0.3) is 5.69 Å². The molecule has 0 fully saturated rings. The molecule has 0 atom stereocenters. The van der Waals surface area contributed by atoms with Gasteiger partial charge in [0.05, 0.1) is 18.0 Å². The van der Waals surface area contributed by atoms with Gasteiger partial charge in [-0.1, -0.05) is 6.07 Å². The molecule has 3 heteroatoms. The van der Waals surface area contributed by atoms with Crippen molar-refractivity contribution in [2.75, 3.05) is 0 Å². The Morgan fingerprint density at radius 1 is 1.19 bits per heavy atom. The zero-order valence-corrected chi connectivity index (χ0v) is 9.06. The molecule has 1 aliphatic rings. The molecule has 0 saturated carbocycles. The summed E-state index contributed by atoms with van der Waals surface area (Å²) in [6.07, 6.45) is 5.54. The number of hydrogen-bond donors (Lipinski definition) is 1. The van der Waals surface area contributed by atoms with E-state index < -0.39 is 0 Å². The Labute approximate surface area is 94.3 Å². The largest absolute Gasteiger partial charge is 0.390 e. The molecular weight excluding hydrogens is 200 g/mol. The zero-order chi connectivity index (χ0) is 11.0. The van der Waals surface area contributed by atoms with Crippen LogP contribution in [0.1, 0.15) is 23.2 Å². The lowest BCUT2D eigenvalue weighted by Crippen LogP contribution is -1.97. The zero-order valence-electron chi connectivity index (χ0n) is 9.06. The normalized spacial score (nSPS) is 14.1. The predicted octanol–water partition coefficient (Wildman–Crippen LogP) is 1.85. The molecule has 0 radical (unpaired) electrons. The van der Waals surface area contributed by atoms with Crippen molar-refractivity contribution in [3.63, 3.8) is 0 Å². The lowest BCUT2D eigenvalue weighted by molar-refractivity contribution is 0.276. The van der Waals surface area contributed by atoms with Gasteiger partial charge in [0.1, 0.15) is 0 Å². The van der Waals surface area contributed by atoms with E-state index >= 15 is 0 Å². The fourth-order valence-corrected chi connectivity index (χ4v) is 2.29. The first kappa shape index (κ1) is 9.60. The summed E-state index contributed by atoms with van der Waals surface area (Å²) in [5.41, 5.74) is 4.71. The molecule has 0 unspecified atom stereocenters. The molecule has 1 aliphatic carbocycles. The number of aromatic nitrogens is 2. The minimum atomic E-state index is -0.00204. The van der Waals surface area contributed by atoms with Gasteiger partial charge < -0.3 is 5.11 Å². The Kier molecular flexibility index (Phi) is 2.26. The summed E-state index contributed by atoms with van der Waals surface area (Å²) < 4.78 is 1.82. The predicted molar refractivity (Wildman–Crippen MR) is 61.5 cm³/mol. The molecule has 1 N–H and O–H groups in total. The van der Waals surface area contributed by atoms with E-state index in [1.807, 2.05) is 16.9 Å². The van der Waals surface area contributed by atoms with E-state index in [0.29, 0.717) is 5.69 Å². The van der Waals surface area contributed by atoms with Gasteiger partial charge >= 0.3 is 0 Å². The fraction of sp³-hybridized carbons (Fsp3) is 0.308. The molecule has 3 nitrogen and oxygen atoms in total. The second-order valence-corrected chi connectivity index (χ2v) is 4.22. The third-order valence-electron chi connectivity index (χ3n) is 3.15. The fourth-order valence-electron chi connectivity index (χ4n) is 2.29. The molecule has 82 valence electrons. The standard InChI is InChI=1S/C13H14N2O/c16-9-12-6-7-15(14-12)13-5-4-10-2-1-3-11(10)8-13/h4-8,16H,1-3,9H2. The van der Waals surface area contributed by atoms with Crippen LogP contribution in [-0.4, -0.2) is 14.9 Å². The number of benzene rings is 1. The van der Waals surface area contributed by atoms with Crippen LogP contribution in [0.3, 0.4) is 0 Å². The highest BCUT2D eigenvalue weighted by Gasteiger charge is 2.11. The second-order valence-electron chi connectivity index (χ2n) is 4.22. The maximum absolute atomic E-state index is 8.98. The van der Waals surface area contributed by atoms with Gasteiger partial charge in [-0.25, -0.2) is 4.68 Å². The van der Waals surface area contributed by atoms with E-state index in [0.717, 1.165) is 5.69 Å². The molecule has 1 aromatic heterocycles. The monoisotopic (exact) mass is 214 g/mol. The second kappa shape index (κ2) is 3.76. The Bertz CT molecular complexity index is 516. The summed E-state index contributed by atoms with van der Waals surface area (Å²) in [4.78, 5) is 0. The Morgan fingerprint density at radius 3 is 2.88 bits per heavy atom. The van der Waals surface area contributed by atoms with E-state index in [4.69, 9.17) is 5.11 Å². The van der Waals surface area contributed by atoms with E-state index in [9.17, 15) is 0 Å². The quantitative estimate of drug-likeness (QED) is 0.828. The van der Waals surface area contributed by atoms with Crippen molar-refractivity contribution in [2.24, 2.45) is 0 Å². The van der Waals surface area contributed by atoms with Crippen molar-refractivity contribution >= 4 is 0 Å². The summed E-state index contributed by atoms with van der Waals surface area (Å²) in [5, 5.41) is 13.3. The third kappa shape index (κ3) is 1.53. The van der Waals surface area contributed by atoms with Crippen molar-refractivity contribution in [3.8, 4) is 5.69 Å². The van der Waals surface area contributed by atoms with Gasteiger partial charge in [0.15, 0.2) is 0 Å². The molecule has 0 amide bonds. The van der Waals surface area contributed by atoms with Gasteiger partial charge in [-0.05, 0) is 48.6 Å². The molecule has 0 bridgehead atoms. The van der Waals surface area contributed by atoms with E-state index in [-0.39, 0.29) is 6.61 Å². The Balaban J connectivity index is 2.00. The minimum absolute atomic E-state index is 0.00204. The highest BCUT2D eigenvalue weighted by molar-refractivity contribution is 5.42. The van der Waals surface area contributed by atoms with Crippen molar-refractivity contribution in [3.05, 3.63) is 47.3 Å². The lowest BCUT2D eigenvalue weighted by atomic mass is 10.1. The number of rotatable bonds is 2. The summed E-state index contributed by atoms with van der Waals surface area (Å²) in [7, 11) is 0. The highest BCUT2D eigenvalue weighted by Crippen LogP contribution is 2.24. The van der Waals surface area contributed by atoms with Crippen LogP contribution < -0.4 is 0 Å². The van der Waals surface area contributed by atoms with E-state index in [2.05, 4.69) is 23.3 Å². The van der Waals surface area contributed by atoms with Crippen molar-refractivity contribution in [1.29, 1.82) is 0 Å². The van der Waals surface area contributed by atoms with Crippen molar-refractivity contribution < 1.29 is 5.11 Å². The number of aliphatic hydroxyl groups is 1. The summed E-state index contributed by atoms with van der Waals surface area (Å²) in [6.45, 7) is -0.00204. The molecule has 16 heavy (non-hydrogen) atoms. The average molecular weight is 214 g/mol. The first-order valence-corrected chi connectivity index (χ1v) is 5.64. The first-order valence-electron chi connectivity index (χ1n) is 5.64. The van der Waals surface area contributed by atoms with Crippen molar-refractivity contribution in [1.82, 2.24) is 9.78 Å². The number of aryl methyl sites for hydroxylation is 2. The molecule has 0 saturated heterocycles. The number of fused-ring (bicyclic) bond motifs is 1. The SMILES string of the molecule is OCc1ccn(-c2ccc3c(c2)CCC3)n1. The Morgan fingerprint density at radius 2 is 2.06 bits per heavy atom. The van der Waals surface area contributed by atoms with Gasteiger partial charge in [-0.2, -0.15) is 5.10 Å². The summed E-state index contributed by atoms with van der Waals surface area (Å²) >= 11 is 0. The highest BCUT2D eigenvalue weighted by atomic mass is 16.3. The van der Waals surface area contributed by atoms with Crippen LogP contribution in [0.4, 0.5) is 0 Å². The molecule has 3 rings (SSSR count). The minimum Gasteiger partial charge on any atom is -0.390 e. The number of nitrogens with zero attached hydrogens (tertiary/aromatic N) is 2. The molecule has 0 spiro atoms. The van der Waals surface area contributed by atoms with Crippen LogP contribution in [-0.2, 0) is 19.4 Å². The van der Waals surface area contributed by atoms with Gasteiger partial charge in [-0.3, -0.25) is 0 Å².